The van der Waals surface area contributed by atoms with Crippen LogP contribution in [0.1, 0.15) is 58.2 Å². The van der Waals surface area contributed by atoms with Crippen LogP contribution in [0.15, 0.2) is 4.60 Å². The van der Waals surface area contributed by atoms with Crippen LogP contribution >= 0.6 is 15.9 Å². The first-order chi connectivity index (χ1) is 10.1. The van der Waals surface area contributed by atoms with E-state index in [1.807, 2.05) is 11.7 Å². The molecule has 5 nitrogen and oxygen atoms in total. The minimum atomic E-state index is 0.129. The number of nitrogens with zero attached hydrogens (tertiary/aromatic N) is 4. The van der Waals surface area contributed by atoms with Crippen molar-refractivity contribution >= 4 is 15.9 Å². The standard InChI is InChI=1S/C15H28BrN5/c1-5-15(6-2,21-10-8-9-11-21)13(17-7-3)12-14(16)18-19-20(12)4/h13,17H,5-11H2,1-4H3. The zero-order chi connectivity index (χ0) is 15.5. The second-order valence-corrected chi connectivity index (χ2v) is 6.64. The van der Waals surface area contributed by atoms with E-state index in [-0.39, 0.29) is 11.6 Å². The number of rotatable bonds is 7. The molecule has 2 heterocycles. The van der Waals surface area contributed by atoms with Crippen LogP contribution in [0.3, 0.4) is 0 Å². The molecule has 0 aliphatic carbocycles. The Balaban J connectivity index is 2.46. The van der Waals surface area contributed by atoms with Gasteiger partial charge in [0.15, 0.2) is 4.60 Å². The van der Waals surface area contributed by atoms with E-state index >= 15 is 0 Å². The van der Waals surface area contributed by atoms with Crippen LogP contribution in [0.2, 0.25) is 0 Å². The fraction of sp³-hybridized carbons (Fsp3) is 0.867. The molecule has 0 radical (unpaired) electrons. The Labute approximate surface area is 136 Å². The molecule has 1 saturated heterocycles. The molecule has 0 spiro atoms. The fourth-order valence-corrected chi connectivity index (χ4v) is 4.40. The zero-order valence-corrected chi connectivity index (χ0v) is 15.3. The van der Waals surface area contributed by atoms with Gasteiger partial charge in [-0.1, -0.05) is 26.0 Å². The SMILES string of the molecule is CCNC(c1c(Br)nnn1C)C(CC)(CC)N1CCCC1. The number of hydrogen-bond donors (Lipinski definition) is 1. The lowest BCUT2D eigenvalue weighted by Crippen LogP contribution is -2.55. The molecule has 1 fully saturated rings. The monoisotopic (exact) mass is 357 g/mol. The van der Waals surface area contributed by atoms with E-state index < -0.39 is 0 Å². The number of hydrogen-bond acceptors (Lipinski definition) is 4. The minimum Gasteiger partial charge on any atom is -0.307 e. The summed E-state index contributed by atoms with van der Waals surface area (Å²) in [7, 11) is 1.98. The number of likely N-dealkylation sites (N-methyl/N-ethyl adjacent to an activating group) is 1. The van der Waals surface area contributed by atoms with Gasteiger partial charge in [-0.2, -0.15) is 0 Å². The van der Waals surface area contributed by atoms with Gasteiger partial charge in [-0.3, -0.25) is 4.90 Å². The summed E-state index contributed by atoms with van der Waals surface area (Å²) < 4.78 is 2.77. The Bertz CT molecular complexity index is 429. The predicted molar refractivity (Wildman–Crippen MR) is 89.2 cm³/mol. The molecular formula is C15H28BrN5. The van der Waals surface area contributed by atoms with Crippen molar-refractivity contribution in [1.29, 1.82) is 0 Å². The van der Waals surface area contributed by atoms with Crippen molar-refractivity contribution in [2.75, 3.05) is 19.6 Å². The van der Waals surface area contributed by atoms with Gasteiger partial charge in [-0.25, -0.2) is 4.68 Å². The molecule has 0 saturated carbocycles. The average Bonchev–Trinajstić information content (AvgIpc) is 3.11. The van der Waals surface area contributed by atoms with E-state index in [1.165, 1.54) is 25.9 Å². The van der Waals surface area contributed by atoms with Gasteiger partial charge < -0.3 is 5.32 Å². The van der Waals surface area contributed by atoms with Crippen LogP contribution in [0.4, 0.5) is 0 Å². The van der Waals surface area contributed by atoms with Gasteiger partial charge >= 0.3 is 0 Å². The highest BCUT2D eigenvalue weighted by molar-refractivity contribution is 9.10. The summed E-state index contributed by atoms with van der Waals surface area (Å²) in [5, 5.41) is 12.1. The van der Waals surface area contributed by atoms with Crippen LogP contribution in [0.5, 0.6) is 0 Å². The van der Waals surface area contributed by atoms with Crippen LogP contribution in [-0.2, 0) is 7.05 Å². The molecular weight excluding hydrogens is 330 g/mol. The van der Waals surface area contributed by atoms with Gasteiger partial charge in [0, 0.05) is 12.6 Å². The van der Waals surface area contributed by atoms with Gasteiger partial charge in [-0.15, -0.1) is 5.10 Å². The van der Waals surface area contributed by atoms with Gasteiger partial charge in [0.1, 0.15) is 0 Å². The molecule has 0 aromatic carbocycles. The molecule has 1 aliphatic rings. The maximum absolute atomic E-state index is 4.20. The smallest absolute Gasteiger partial charge is 0.153 e. The first kappa shape index (κ1) is 16.9. The van der Waals surface area contributed by atoms with Gasteiger partial charge in [0.25, 0.3) is 0 Å². The highest BCUT2D eigenvalue weighted by atomic mass is 79.9. The van der Waals surface area contributed by atoms with Crippen molar-refractivity contribution in [3.63, 3.8) is 0 Å². The number of nitrogens with one attached hydrogen (secondary N) is 1. The molecule has 1 atom stereocenters. The molecule has 1 N–H and O–H groups in total. The van der Waals surface area contributed by atoms with Crippen LogP contribution in [0, 0.1) is 0 Å². The van der Waals surface area contributed by atoms with Crippen molar-refractivity contribution in [1.82, 2.24) is 25.2 Å². The zero-order valence-electron chi connectivity index (χ0n) is 13.7. The first-order valence-corrected chi connectivity index (χ1v) is 8.93. The molecule has 1 aliphatic heterocycles. The molecule has 1 aromatic heterocycles. The van der Waals surface area contributed by atoms with E-state index in [0.29, 0.717) is 0 Å². The highest BCUT2D eigenvalue weighted by Crippen LogP contribution is 2.40. The lowest BCUT2D eigenvalue weighted by atomic mass is 9.81. The maximum Gasteiger partial charge on any atom is 0.153 e. The average molecular weight is 358 g/mol. The molecule has 0 amide bonds. The van der Waals surface area contributed by atoms with Crippen LogP contribution in [0.25, 0.3) is 0 Å². The second-order valence-electron chi connectivity index (χ2n) is 5.88. The van der Waals surface area contributed by atoms with Crippen molar-refractivity contribution in [3.8, 4) is 0 Å². The van der Waals surface area contributed by atoms with Crippen molar-refractivity contribution in [2.24, 2.45) is 7.05 Å². The van der Waals surface area contributed by atoms with Crippen LogP contribution < -0.4 is 5.32 Å². The van der Waals surface area contributed by atoms with Crippen LogP contribution in [-0.4, -0.2) is 45.1 Å². The second kappa shape index (κ2) is 7.20. The summed E-state index contributed by atoms with van der Waals surface area (Å²) in [6.45, 7) is 10.1. The number of aryl methyl sites for hydroxylation is 1. The van der Waals surface area contributed by atoms with Gasteiger partial charge in [-0.05, 0) is 61.2 Å². The van der Waals surface area contributed by atoms with E-state index in [4.69, 9.17) is 0 Å². The highest BCUT2D eigenvalue weighted by Gasteiger charge is 2.44. The number of halogens is 1. The number of likely N-dealkylation sites (tertiary alicyclic amines) is 1. The largest absolute Gasteiger partial charge is 0.307 e. The lowest BCUT2D eigenvalue weighted by molar-refractivity contribution is 0.0589. The van der Waals surface area contributed by atoms with Crippen molar-refractivity contribution in [2.45, 2.75) is 58.0 Å². The summed E-state index contributed by atoms with van der Waals surface area (Å²) in [5.74, 6) is 0. The number of aromatic nitrogens is 3. The van der Waals surface area contributed by atoms with E-state index in [2.05, 4.69) is 57.2 Å². The third-order valence-electron chi connectivity index (χ3n) is 5.01. The Kier molecular flexibility index (Phi) is 5.80. The maximum atomic E-state index is 4.20. The third kappa shape index (κ3) is 3.03. The first-order valence-electron chi connectivity index (χ1n) is 8.14. The normalized spacial score (nSPS) is 18.3. The Morgan fingerprint density at radius 1 is 1.24 bits per heavy atom. The Morgan fingerprint density at radius 3 is 2.29 bits per heavy atom. The van der Waals surface area contributed by atoms with E-state index in [0.717, 1.165) is 29.7 Å². The quantitative estimate of drug-likeness (QED) is 0.814. The minimum absolute atomic E-state index is 0.129. The molecule has 1 aromatic rings. The topological polar surface area (TPSA) is 46.0 Å². The van der Waals surface area contributed by atoms with Crippen molar-refractivity contribution < 1.29 is 0 Å². The third-order valence-corrected chi connectivity index (χ3v) is 5.57. The summed E-state index contributed by atoms with van der Waals surface area (Å²) in [4.78, 5) is 2.68. The molecule has 2 rings (SSSR count). The van der Waals surface area contributed by atoms with E-state index in [1.54, 1.807) is 0 Å². The molecule has 1 unspecified atom stereocenters. The molecule has 21 heavy (non-hydrogen) atoms. The molecule has 120 valence electrons. The van der Waals surface area contributed by atoms with Crippen molar-refractivity contribution in [3.05, 3.63) is 10.3 Å². The summed E-state index contributed by atoms with van der Waals surface area (Å²) in [5.41, 5.74) is 1.29. The lowest BCUT2D eigenvalue weighted by Gasteiger charge is -2.47. The van der Waals surface area contributed by atoms with Gasteiger partial charge in [0.2, 0.25) is 0 Å². The summed E-state index contributed by atoms with van der Waals surface area (Å²) in [6, 6.07) is 0.241. The van der Waals surface area contributed by atoms with E-state index in [9.17, 15) is 0 Å². The summed E-state index contributed by atoms with van der Waals surface area (Å²) in [6.07, 6.45) is 4.87. The Hall–Kier alpha value is -0.460. The molecule has 6 heteroatoms. The van der Waals surface area contributed by atoms with Gasteiger partial charge in [0.05, 0.1) is 11.7 Å². The molecule has 0 bridgehead atoms. The fourth-order valence-electron chi connectivity index (χ4n) is 3.84. The summed E-state index contributed by atoms with van der Waals surface area (Å²) >= 11 is 3.59. The predicted octanol–water partition coefficient (Wildman–Crippen LogP) is 2.88. The Morgan fingerprint density at radius 2 is 1.86 bits per heavy atom.